The van der Waals surface area contributed by atoms with Crippen LogP contribution in [-0.4, -0.2) is 48.2 Å². The van der Waals surface area contributed by atoms with Crippen molar-refractivity contribution in [3.63, 3.8) is 0 Å². The van der Waals surface area contributed by atoms with E-state index in [1.165, 1.54) is 12.8 Å². The molecule has 0 spiro atoms. The fourth-order valence-electron chi connectivity index (χ4n) is 4.84. The van der Waals surface area contributed by atoms with Crippen LogP contribution in [-0.2, 0) is 36.3 Å². The van der Waals surface area contributed by atoms with E-state index in [9.17, 15) is 50.3 Å². The number of carbonyl (C=O) groups is 5. The SMILES string of the molecule is CCCCCCCCCCCC(=O)N[C@@H](CC(N)=O)C(=O)N[C@@H](CC(C)C)C(=O)COC(=O)c1c(C(F)(F)F)cccc1C(F)(F)F. The second kappa shape index (κ2) is 19.9. The summed E-state index contributed by atoms with van der Waals surface area (Å²) in [6.07, 6.45) is -2.18. The smallest absolute Gasteiger partial charge is 0.417 e. The van der Waals surface area contributed by atoms with Gasteiger partial charge in [-0.2, -0.15) is 26.3 Å². The number of Topliss-reactive ketones (excluding diaryl/α,β-unsaturated/α-hetero) is 1. The fraction of sp³-hybridized carbons (Fsp3) is 0.656. The van der Waals surface area contributed by atoms with Crippen molar-refractivity contribution in [1.82, 2.24) is 10.6 Å². The van der Waals surface area contributed by atoms with Gasteiger partial charge in [0.1, 0.15) is 6.04 Å². The standard InChI is InChI=1S/C32H45F6N3O6/c1-4-5-6-7-8-9-10-11-12-16-27(44)40-24(18-26(39)43)29(45)41-23(17-20(2)3)25(42)19-47-30(46)28-21(31(33,34)35)14-13-15-22(28)32(36,37)38/h13-15,20,23-24H,4-12,16-19H2,1-3H3,(H2,39,43)(H,40,44)(H,41,45)/t23-,24-/m0/s1. The molecule has 266 valence electrons. The van der Waals surface area contributed by atoms with Crippen molar-refractivity contribution in [2.45, 2.75) is 122 Å². The summed E-state index contributed by atoms with van der Waals surface area (Å²) >= 11 is 0. The van der Waals surface area contributed by atoms with Gasteiger partial charge < -0.3 is 21.1 Å². The van der Waals surface area contributed by atoms with E-state index in [-0.39, 0.29) is 30.9 Å². The lowest BCUT2D eigenvalue weighted by Gasteiger charge is -2.24. The normalized spacial score (nSPS) is 13.1. The molecule has 0 saturated heterocycles. The third-order valence-electron chi connectivity index (χ3n) is 7.20. The van der Waals surface area contributed by atoms with Gasteiger partial charge in [0.25, 0.3) is 0 Å². The first kappa shape index (κ1) is 41.4. The molecule has 1 rings (SSSR count). The topological polar surface area (TPSA) is 145 Å². The Morgan fingerprint density at radius 2 is 1.30 bits per heavy atom. The zero-order valence-electron chi connectivity index (χ0n) is 27.0. The molecule has 15 heteroatoms. The average Bonchev–Trinajstić information content (AvgIpc) is 2.96. The molecule has 0 aliphatic rings. The predicted octanol–water partition coefficient (Wildman–Crippen LogP) is 6.26. The Balaban J connectivity index is 2.92. The van der Waals surface area contributed by atoms with Gasteiger partial charge in [0, 0.05) is 6.42 Å². The van der Waals surface area contributed by atoms with E-state index in [2.05, 4.69) is 22.3 Å². The van der Waals surface area contributed by atoms with E-state index in [4.69, 9.17) is 5.73 Å². The summed E-state index contributed by atoms with van der Waals surface area (Å²) in [6, 6.07) is -1.85. The highest BCUT2D eigenvalue weighted by Gasteiger charge is 2.43. The minimum Gasteiger partial charge on any atom is -0.454 e. The number of esters is 1. The lowest BCUT2D eigenvalue weighted by atomic mass is 9.99. The van der Waals surface area contributed by atoms with Crippen molar-refractivity contribution >= 4 is 29.5 Å². The van der Waals surface area contributed by atoms with E-state index in [0.29, 0.717) is 12.5 Å². The second-order valence-electron chi connectivity index (χ2n) is 11.8. The molecule has 0 aromatic heterocycles. The van der Waals surface area contributed by atoms with Crippen LogP contribution in [0, 0.1) is 5.92 Å². The number of carbonyl (C=O) groups excluding carboxylic acids is 5. The molecule has 0 saturated carbocycles. The number of hydrogen-bond acceptors (Lipinski definition) is 6. The minimum absolute atomic E-state index is 0.0714. The predicted molar refractivity (Wildman–Crippen MR) is 161 cm³/mol. The van der Waals surface area contributed by atoms with Gasteiger partial charge in [-0.1, -0.05) is 78.2 Å². The van der Waals surface area contributed by atoms with Crippen molar-refractivity contribution < 1.29 is 55.1 Å². The van der Waals surface area contributed by atoms with Crippen LogP contribution in [0.4, 0.5) is 26.3 Å². The molecule has 2 atom stereocenters. The van der Waals surface area contributed by atoms with Crippen molar-refractivity contribution in [2.24, 2.45) is 11.7 Å². The molecule has 0 aliphatic carbocycles. The maximum Gasteiger partial charge on any atom is 0.417 e. The van der Waals surface area contributed by atoms with Gasteiger partial charge >= 0.3 is 18.3 Å². The van der Waals surface area contributed by atoms with E-state index < -0.39 is 83.6 Å². The molecule has 47 heavy (non-hydrogen) atoms. The van der Waals surface area contributed by atoms with E-state index >= 15 is 0 Å². The first-order valence-corrected chi connectivity index (χ1v) is 15.7. The Bertz CT molecular complexity index is 1170. The number of unbranched alkanes of at least 4 members (excludes halogenated alkanes) is 8. The Labute approximate surface area is 270 Å². The summed E-state index contributed by atoms with van der Waals surface area (Å²) < 4.78 is 85.4. The fourth-order valence-corrected chi connectivity index (χ4v) is 4.84. The van der Waals surface area contributed by atoms with Crippen LogP contribution in [0.25, 0.3) is 0 Å². The highest BCUT2D eigenvalue weighted by Crippen LogP contribution is 2.39. The molecule has 1 aromatic carbocycles. The Morgan fingerprint density at radius 1 is 0.787 bits per heavy atom. The van der Waals surface area contributed by atoms with Gasteiger partial charge in [0.2, 0.25) is 17.7 Å². The second-order valence-corrected chi connectivity index (χ2v) is 11.8. The van der Waals surface area contributed by atoms with Gasteiger partial charge in [0.15, 0.2) is 12.4 Å². The number of nitrogens with two attached hydrogens (primary N) is 1. The summed E-state index contributed by atoms with van der Waals surface area (Å²) in [5.41, 5.74) is -0.359. The molecular weight excluding hydrogens is 636 g/mol. The molecule has 0 unspecified atom stereocenters. The third-order valence-corrected chi connectivity index (χ3v) is 7.20. The number of ether oxygens (including phenoxy) is 1. The maximum absolute atomic E-state index is 13.5. The van der Waals surface area contributed by atoms with Crippen molar-refractivity contribution in [3.8, 4) is 0 Å². The van der Waals surface area contributed by atoms with Crippen LogP contribution in [0.15, 0.2) is 18.2 Å². The number of nitrogens with one attached hydrogen (secondary N) is 2. The number of primary amides is 1. The van der Waals surface area contributed by atoms with Gasteiger partial charge in [-0.25, -0.2) is 4.79 Å². The zero-order valence-corrected chi connectivity index (χ0v) is 27.0. The quantitative estimate of drug-likeness (QED) is 0.0794. The van der Waals surface area contributed by atoms with Gasteiger partial charge in [-0.3, -0.25) is 19.2 Å². The van der Waals surface area contributed by atoms with Gasteiger partial charge in [-0.15, -0.1) is 0 Å². The highest BCUT2D eigenvalue weighted by atomic mass is 19.4. The Morgan fingerprint density at radius 3 is 1.77 bits per heavy atom. The molecular formula is C32H45F6N3O6. The molecule has 0 radical (unpaired) electrons. The van der Waals surface area contributed by atoms with E-state index in [0.717, 1.165) is 38.5 Å². The summed E-state index contributed by atoms with van der Waals surface area (Å²) in [5, 5.41) is 4.76. The van der Waals surface area contributed by atoms with Crippen molar-refractivity contribution in [1.29, 1.82) is 0 Å². The van der Waals surface area contributed by atoms with Gasteiger partial charge in [-0.05, 0) is 30.9 Å². The lowest BCUT2D eigenvalue weighted by molar-refractivity contribution is -0.144. The first-order chi connectivity index (χ1) is 21.9. The molecule has 0 heterocycles. The monoisotopic (exact) mass is 681 g/mol. The zero-order chi connectivity index (χ0) is 35.8. The van der Waals surface area contributed by atoms with Crippen LogP contribution >= 0.6 is 0 Å². The molecule has 9 nitrogen and oxygen atoms in total. The highest BCUT2D eigenvalue weighted by molar-refractivity contribution is 5.98. The van der Waals surface area contributed by atoms with Gasteiger partial charge in [0.05, 0.1) is 29.2 Å². The van der Waals surface area contributed by atoms with Crippen LogP contribution < -0.4 is 16.4 Å². The first-order valence-electron chi connectivity index (χ1n) is 15.7. The lowest BCUT2D eigenvalue weighted by Crippen LogP contribution is -2.53. The molecule has 1 aromatic rings. The number of alkyl halides is 6. The molecule has 0 aliphatic heterocycles. The average molecular weight is 682 g/mol. The molecule has 0 bridgehead atoms. The van der Waals surface area contributed by atoms with E-state index in [1.807, 2.05) is 0 Å². The summed E-state index contributed by atoms with van der Waals surface area (Å²) in [7, 11) is 0. The van der Waals surface area contributed by atoms with Crippen molar-refractivity contribution in [2.75, 3.05) is 6.61 Å². The van der Waals surface area contributed by atoms with Crippen molar-refractivity contribution in [3.05, 3.63) is 34.9 Å². The molecule has 3 amide bonds. The number of rotatable bonds is 21. The minimum atomic E-state index is -5.35. The molecule has 0 fully saturated rings. The summed E-state index contributed by atoms with van der Waals surface area (Å²) in [5.74, 6) is -5.80. The van der Waals surface area contributed by atoms with Crippen LogP contribution in [0.3, 0.4) is 0 Å². The number of hydrogen-bond donors (Lipinski definition) is 3. The largest absolute Gasteiger partial charge is 0.454 e. The number of ketones is 1. The van der Waals surface area contributed by atoms with Crippen LogP contribution in [0.2, 0.25) is 0 Å². The Kier molecular flexibility index (Phi) is 17.5. The maximum atomic E-state index is 13.5. The van der Waals surface area contributed by atoms with Crippen LogP contribution in [0.1, 0.15) is 119 Å². The number of halogens is 6. The molecule has 4 N–H and O–H groups in total. The number of benzene rings is 1. The van der Waals surface area contributed by atoms with Crippen LogP contribution in [0.5, 0.6) is 0 Å². The third kappa shape index (κ3) is 15.7. The van der Waals surface area contributed by atoms with E-state index in [1.54, 1.807) is 13.8 Å². The number of amides is 3. The Hall–Kier alpha value is -3.65. The summed E-state index contributed by atoms with van der Waals surface area (Å²) in [4.78, 5) is 62.7. The summed E-state index contributed by atoms with van der Waals surface area (Å²) in [6.45, 7) is 4.18.